The van der Waals surface area contributed by atoms with Crippen LogP contribution >= 0.6 is 34.2 Å². The molecular formula is C12H10ClIN2O2. The molecule has 0 fully saturated rings. The zero-order chi connectivity index (χ0) is 13.3. The third kappa shape index (κ3) is 2.51. The van der Waals surface area contributed by atoms with Crippen molar-refractivity contribution in [2.75, 3.05) is 0 Å². The molecule has 0 saturated heterocycles. The minimum Gasteiger partial charge on any atom is -0.302 e. The lowest BCUT2D eigenvalue weighted by Crippen LogP contribution is -2.40. The van der Waals surface area contributed by atoms with Crippen LogP contribution in [0.15, 0.2) is 40.1 Å². The Bertz CT molecular complexity index is 672. The normalized spacial score (nSPS) is 10.6. The van der Waals surface area contributed by atoms with Crippen LogP contribution in [0.4, 0.5) is 0 Å². The molecule has 2 aromatic rings. The predicted octanol–water partition coefficient (Wildman–Crippen LogP) is 1.85. The van der Waals surface area contributed by atoms with Gasteiger partial charge < -0.3 is 4.57 Å². The van der Waals surface area contributed by atoms with Crippen molar-refractivity contribution >= 4 is 34.2 Å². The van der Waals surface area contributed by atoms with E-state index >= 15 is 0 Å². The average Bonchev–Trinajstić information content (AvgIpc) is 2.34. The topological polar surface area (TPSA) is 44.0 Å². The van der Waals surface area contributed by atoms with Gasteiger partial charge in [0.05, 0.1) is 10.1 Å². The van der Waals surface area contributed by atoms with Crippen LogP contribution < -0.4 is 11.2 Å². The van der Waals surface area contributed by atoms with Crippen LogP contribution in [-0.4, -0.2) is 9.13 Å². The van der Waals surface area contributed by atoms with Crippen molar-refractivity contribution in [1.29, 1.82) is 0 Å². The van der Waals surface area contributed by atoms with Crippen molar-refractivity contribution in [3.8, 4) is 0 Å². The molecule has 1 aromatic heterocycles. The highest BCUT2D eigenvalue weighted by atomic mass is 127. The summed E-state index contributed by atoms with van der Waals surface area (Å²) < 4.78 is 3.07. The maximum Gasteiger partial charge on any atom is 0.331 e. The second-order valence-electron chi connectivity index (χ2n) is 3.85. The zero-order valence-electron chi connectivity index (χ0n) is 9.56. The van der Waals surface area contributed by atoms with Crippen molar-refractivity contribution < 1.29 is 0 Å². The van der Waals surface area contributed by atoms with E-state index in [1.165, 1.54) is 15.3 Å². The SMILES string of the molecule is Cn1cc(I)c(=O)n(Cc2ccccc2Cl)c1=O. The molecule has 0 spiro atoms. The van der Waals surface area contributed by atoms with Gasteiger partial charge in [-0.15, -0.1) is 0 Å². The third-order valence-electron chi connectivity index (χ3n) is 2.58. The Labute approximate surface area is 122 Å². The van der Waals surface area contributed by atoms with Crippen LogP contribution in [0.25, 0.3) is 0 Å². The van der Waals surface area contributed by atoms with Gasteiger partial charge in [0.2, 0.25) is 0 Å². The molecule has 0 aliphatic heterocycles. The minimum absolute atomic E-state index is 0.183. The largest absolute Gasteiger partial charge is 0.331 e. The fourth-order valence-electron chi connectivity index (χ4n) is 1.62. The summed E-state index contributed by atoms with van der Waals surface area (Å²) in [6, 6.07) is 7.17. The Morgan fingerprint density at radius 2 is 1.94 bits per heavy atom. The fourth-order valence-corrected chi connectivity index (χ4v) is 2.53. The van der Waals surface area contributed by atoms with Gasteiger partial charge in [0.25, 0.3) is 5.56 Å². The van der Waals surface area contributed by atoms with E-state index in [9.17, 15) is 9.59 Å². The molecule has 4 nitrogen and oxygen atoms in total. The second kappa shape index (κ2) is 5.27. The molecule has 0 N–H and O–H groups in total. The van der Waals surface area contributed by atoms with Gasteiger partial charge in [0.15, 0.2) is 0 Å². The summed E-state index contributed by atoms with van der Waals surface area (Å²) in [5.74, 6) is 0. The number of benzene rings is 1. The highest BCUT2D eigenvalue weighted by molar-refractivity contribution is 14.1. The van der Waals surface area contributed by atoms with Crippen molar-refractivity contribution in [2.24, 2.45) is 7.05 Å². The van der Waals surface area contributed by atoms with Gasteiger partial charge in [0, 0.05) is 18.3 Å². The van der Waals surface area contributed by atoms with Crippen LogP contribution in [0.2, 0.25) is 5.02 Å². The standard InChI is InChI=1S/C12H10ClIN2O2/c1-15-7-10(14)11(17)16(12(15)18)6-8-4-2-3-5-9(8)13/h2-5,7H,6H2,1H3. The predicted molar refractivity (Wildman–Crippen MR) is 79.2 cm³/mol. The molecule has 0 aliphatic rings. The zero-order valence-corrected chi connectivity index (χ0v) is 12.5. The lowest BCUT2D eigenvalue weighted by atomic mass is 10.2. The number of hydrogen-bond acceptors (Lipinski definition) is 2. The number of aromatic nitrogens is 2. The van der Waals surface area contributed by atoms with Crippen LogP contribution in [0, 0.1) is 3.57 Å². The summed E-state index contributed by atoms with van der Waals surface area (Å²) in [6.07, 6.45) is 1.52. The minimum atomic E-state index is -0.347. The molecule has 2 rings (SSSR count). The highest BCUT2D eigenvalue weighted by Crippen LogP contribution is 2.15. The molecule has 1 aromatic carbocycles. The summed E-state index contributed by atoms with van der Waals surface area (Å²) >= 11 is 7.95. The van der Waals surface area contributed by atoms with Crippen LogP contribution in [0.5, 0.6) is 0 Å². The smallest absolute Gasteiger partial charge is 0.302 e. The van der Waals surface area contributed by atoms with Gasteiger partial charge in [-0.1, -0.05) is 29.8 Å². The van der Waals surface area contributed by atoms with E-state index < -0.39 is 0 Å². The maximum atomic E-state index is 12.0. The third-order valence-corrected chi connectivity index (χ3v) is 3.68. The van der Waals surface area contributed by atoms with Crippen LogP contribution in [0.3, 0.4) is 0 Å². The Balaban J connectivity index is 2.57. The number of hydrogen-bond donors (Lipinski definition) is 0. The molecule has 0 radical (unpaired) electrons. The number of rotatable bonds is 2. The van der Waals surface area contributed by atoms with Crippen molar-refractivity contribution in [3.05, 3.63) is 65.5 Å². The van der Waals surface area contributed by atoms with E-state index in [1.807, 2.05) is 34.7 Å². The molecular weight excluding hydrogens is 367 g/mol. The molecule has 1 heterocycles. The first kappa shape index (κ1) is 13.4. The van der Waals surface area contributed by atoms with Crippen molar-refractivity contribution in [1.82, 2.24) is 9.13 Å². The van der Waals surface area contributed by atoms with Gasteiger partial charge in [-0.05, 0) is 34.2 Å². The molecule has 0 atom stereocenters. The van der Waals surface area contributed by atoms with Gasteiger partial charge >= 0.3 is 5.69 Å². The monoisotopic (exact) mass is 376 g/mol. The first-order valence-electron chi connectivity index (χ1n) is 5.20. The number of nitrogens with zero attached hydrogens (tertiary/aromatic N) is 2. The lowest BCUT2D eigenvalue weighted by Gasteiger charge is -2.09. The second-order valence-corrected chi connectivity index (χ2v) is 5.42. The summed E-state index contributed by atoms with van der Waals surface area (Å²) in [5, 5.41) is 0.547. The summed E-state index contributed by atoms with van der Waals surface area (Å²) in [4.78, 5) is 23.9. The molecule has 0 bridgehead atoms. The van der Waals surface area contributed by atoms with Gasteiger partial charge in [-0.25, -0.2) is 4.79 Å². The molecule has 0 amide bonds. The molecule has 0 saturated carbocycles. The van der Waals surface area contributed by atoms with Gasteiger partial charge in [0.1, 0.15) is 0 Å². The van der Waals surface area contributed by atoms with E-state index in [1.54, 1.807) is 19.2 Å². The lowest BCUT2D eigenvalue weighted by molar-refractivity contribution is 0.634. The van der Waals surface area contributed by atoms with E-state index in [2.05, 4.69) is 0 Å². The van der Waals surface area contributed by atoms with Crippen molar-refractivity contribution in [3.63, 3.8) is 0 Å². The molecule has 0 aliphatic carbocycles. The Hall–Kier alpha value is -1.08. The van der Waals surface area contributed by atoms with Gasteiger partial charge in [-0.2, -0.15) is 0 Å². The van der Waals surface area contributed by atoms with Crippen LogP contribution in [-0.2, 0) is 13.6 Å². The summed E-state index contributed by atoms with van der Waals surface area (Å²) in [5.41, 5.74) is 0.110. The van der Waals surface area contributed by atoms with E-state index in [4.69, 9.17) is 11.6 Å². The highest BCUT2D eigenvalue weighted by Gasteiger charge is 2.09. The molecule has 18 heavy (non-hydrogen) atoms. The van der Waals surface area contributed by atoms with E-state index in [0.29, 0.717) is 8.59 Å². The average molecular weight is 377 g/mol. The van der Waals surface area contributed by atoms with E-state index in [-0.39, 0.29) is 17.8 Å². The first-order chi connectivity index (χ1) is 8.50. The summed E-state index contributed by atoms with van der Waals surface area (Å²) in [7, 11) is 1.62. The first-order valence-corrected chi connectivity index (χ1v) is 6.65. The maximum absolute atomic E-state index is 12.0. The number of halogens is 2. The Morgan fingerprint density at radius 3 is 2.61 bits per heavy atom. The summed E-state index contributed by atoms with van der Waals surface area (Å²) in [6.45, 7) is 0.183. The fraction of sp³-hybridized carbons (Fsp3) is 0.167. The molecule has 94 valence electrons. The quantitative estimate of drug-likeness (QED) is 0.751. The Kier molecular flexibility index (Phi) is 3.91. The molecule has 6 heteroatoms. The molecule has 0 unspecified atom stereocenters. The van der Waals surface area contributed by atoms with E-state index in [0.717, 1.165) is 5.56 Å². The van der Waals surface area contributed by atoms with Crippen LogP contribution in [0.1, 0.15) is 5.56 Å². The number of aryl methyl sites for hydroxylation is 1. The van der Waals surface area contributed by atoms with Crippen molar-refractivity contribution in [2.45, 2.75) is 6.54 Å². The van der Waals surface area contributed by atoms with Gasteiger partial charge in [-0.3, -0.25) is 9.36 Å². The Morgan fingerprint density at radius 1 is 1.28 bits per heavy atom.